The number of unbranched alkanes of at least 4 members (excludes halogenated alkanes) is 1. The van der Waals surface area contributed by atoms with Gasteiger partial charge in [-0.1, -0.05) is 33.3 Å². The second kappa shape index (κ2) is 10.6. The van der Waals surface area contributed by atoms with Crippen LogP contribution in [0.3, 0.4) is 0 Å². The summed E-state index contributed by atoms with van der Waals surface area (Å²) in [6.07, 6.45) is 3.99. The molecule has 33 heavy (non-hydrogen) atoms. The molecule has 0 aliphatic heterocycles. The van der Waals surface area contributed by atoms with E-state index in [1.54, 1.807) is 16.8 Å². The Balaban J connectivity index is 2.03. The van der Waals surface area contributed by atoms with Crippen LogP contribution in [-0.4, -0.2) is 35.6 Å². The van der Waals surface area contributed by atoms with Gasteiger partial charge in [-0.05, 0) is 38.3 Å². The number of carbonyl (C=O) groups excluding carboxylic acids is 1. The Hall–Kier alpha value is -3.23. The quantitative estimate of drug-likeness (QED) is 0.536. The van der Waals surface area contributed by atoms with Gasteiger partial charge in [0.25, 0.3) is 5.56 Å². The minimum absolute atomic E-state index is 0.0632. The Morgan fingerprint density at radius 1 is 1.15 bits per heavy atom. The number of aryl methyl sites for hydroxylation is 2. The SMILES string of the molecule is CCCCn1c(=O)[nH]c(=O)c2c1nc(CCC(=O)n1ccccc1=NC(C)C)n2CC(C)C. The Kier molecular flexibility index (Phi) is 7.84. The van der Waals surface area contributed by atoms with E-state index in [0.29, 0.717) is 42.0 Å². The number of H-pyrrole nitrogens is 1. The summed E-state index contributed by atoms with van der Waals surface area (Å²) in [5.74, 6) is 0.787. The largest absolute Gasteiger partial charge is 0.330 e. The van der Waals surface area contributed by atoms with E-state index >= 15 is 0 Å². The van der Waals surface area contributed by atoms with Crippen molar-refractivity contribution in [1.29, 1.82) is 0 Å². The van der Waals surface area contributed by atoms with Crippen LogP contribution in [-0.2, 0) is 19.5 Å². The number of nitrogens with one attached hydrogen (secondary N) is 1. The number of imidazole rings is 1. The highest BCUT2D eigenvalue weighted by molar-refractivity contribution is 5.79. The molecule has 0 aliphatic rings. The average molecular weight is 455 g/mol. The number of hydrogen-bond donors (Lipinski definition) is 1. The zero-order valence-corrected chi connectivity index (χ0v) is 20.2. The van der Waals surface area contributed by atoms with Crippen molar-refractivity contribution in [1.82, 2.24) is 23.7 Å². The molecule has 0 radical (unpaired) electrons. The maximum absolute atomic E-state index is 13.0. The number of nitrogens with zero attached hydrogens (tertiary/aromatic N) is 5. The lowest BCUT2D eigenvalue weighted by Gasteiger charge is -2.12. The van der Waals surface area contributed by atoms with Gasteiger partial charge in [0.15, 0.2) is 11.2 Å². The molecule has 9 nitrogen and oxygen atoms in total. The molecule has 0 spiro atoms. The number of aromatic amines is 1. The third-order valence-corrected chi connectivity index (χ3v) is 5.31. The Labute approximate surface area is 192 Å². The Morgan fingerprint density at radius 2 is 1.91 bits per heavy atom. The molecule has 0 amide bonds. The highest BCUT2D eigenvalue weighted by Crippen LogP contribution is 2.16. The fourth-order valence-electron chi connectivity index (χ4n) is 3.85. The molecule has 0 aromatic carbocycles. The molecule has 3 aromatic heterocycles. The zero-order chi connectivity index (χ0) is 24.1. The van der Waals surface area contributed by atoms with Gasteiger partial charge in [0, 0.05) is 38.2 Å². The summed E-state index contributed by atoms with van der Waals surface area (Å²) in [6.45, 7) is 11.1. The van der Waals surface area contributed by atoms with E-state index in [1.165, 1.54) is 4.57 Å². The van der Waals surface area contributed by atoms with Gasteiger partial charge in [0.1, 0.15) is 11.3 Å². The van der Waals surface area contributed by atoms with Crippen molar-refractivity contribution in [3.63, 3.8) is 0 Å². The predicted molar refractivity (Wildman–Crippen MR) is 128 cm³/mol. The molecule has 0 saturated heterocycles. The number of aromatic nitrogens is 5. The van der Waals surface area contributed by atoms with Crippen molar-refractivity contribution < 1.29 is 4.79 Å². The molecular weight excluding hydrogens is 420 g/mol. The van der Waals surface area contributed by atoms with Crippen LogP contribution in [0.5, 0.6) is 0 Å². The Bertz CT molecular complexity index is 1310. The van der Waals surface area contributed by atoms with Crippen molar-refractivity contribution >= 4 is 17.1 Å². The maximum Gasteiger partial charge on any atom is 0.330 e. The molecule has 0 saturated carbocycles. The van der Waals surface area contributed by atoms with Gasteiger partial charge in [-0.25, -0.2) is 9.78 Å². The topological polar surface area (TPSA) is 107 Å². The van der Waals surface area contributed by atoms with Crippen molar-refractivity contribution in [2.24, 2.45) is 10.9 Å². The second-order valence-electron chi connectivity index (χ2n) is 9.01. The molecule has 0 aliphatic carbocycles. The van der Waals surface area contributed by atoms with Crippen molar-refractivity contribution in [2.45, 2.75) is 79.4 Å². The zero-order valence-electron chi connectivity index (χ0n) is 20.2. The van der Waals surface area contributed by atoms with Crippen LogP contribution in [0.25, 0.3) is 11.2 Å². The maximum atomic E-state index is 13.0. The van der Waals surface area contributed by atoms with Crippen molar-refractivity contribution in [3.8, 4) is 0 Å². The molecule has 178 valence electrons. The number of rotatable bonds is 9. The van der Waals surface area contributed by atoms with E-state index in [0.717, 1.165) is 12.8 Å². The van der Waals surface area contributed by atoms with E-state index in [-0.39, 0.29) is 24.3 Å². The van der Waals surface area contributed by atoms with Gasteiger partial charge >= 0.3 is 5.69 Å². The van der Waals surface area contributed by atoms with Gasteiger partial charge in [-0.3, -0.25) is 28.7 Å². The summed E-state index contributed by atoms with van der Waals surface area (Å²) in [6, 6.07) is 5.54. The van der Waals surface area contributed by atoms with Crippen LogP contribution >= 0.6 is 0 Å². The summed E-state index contributed by atoms with van der Waals surface area (Å²) in [5, 5.41) is 0. The molecule has 9 heteroatoms. The number of hydrogen-bond acceptors (Lipinski definition) is 5. The van der Waals surface area contributed by atoms with Crippen LogP contribution in [0.2, 0.25) is 0 Å². The summed E-state index contributed by atoms with van der Waals surface area (Å²) in [4.78, 5) is 49.9. The Morgan fingerprint density at radius 3 is 2.58 bits per heavy atom. The third kappa shape index (κ3) is 5.58. The summed E-state index contributed by atoms with van der Waals surface area (Å²) in [7, 11) is 0. The lowest BCUT2D eigenvalue weighted by molar-refractivity contribution is 0.0896. The van der Waals surface area contributed by atoms with Gasteiger partial charge < -0.3 is 4.57 Å². The second-order valence-corrected chi connectivity index (χ2v) is 9.01. The minimum atomic E-state index is -0.447. The first-order chi connectivity index (χ1) is 15.7. The van der Waals surface area contributed by atoms with Gasteiger partial charge in [0.05, 0.1) is 0 Å². The standard InChI is InChI=1S/C24H34N6O3/c1-6-7-13-29-22-21(23(32)27-24(29)33)30(15-16(2)3)19(26-22)11-12-20(31)28-14-9-8-10-18(28)25-17(4)5/h8-10,14,16-17H,6-7,11-13,15H2,1-5H3,(H,27,32,33). The first kappa shape index (κ1) is 24.4. The van der Waals surface area contributed by atoms with E-state index in [2.05, 4.69) is 23.8 Å². The van der Waals surface area contributed by atoms with Gasteiger partial charge in [0.2, 0.25) is 5.91 Å². The number of fused-ring (bicyclic) bond motifs is 1. The fourth-order valence-corrected chi connectivity index (χ4v) is 3.85. The highest BCUT2D eigenvalue weighted by atomic mass is 16.2. The smallest absolute Gasteiger partial charge is 0.322 e. The predicted octanol–water partition coefficient (Wildman–Crippen LogP) is 2.73. The molecule has 3 aromatic rings. The molecule has 0 unspecified atom stereocenters. The molecule has 0 bridgehead atoms. The molecule has 3 rings (SSSR count). The number of carbonyl (C=O) groups is 1. The first-order valence-corrected chi connectivity index (χ1v) is 11.7. The molecule has 1 N–H and O–H groups in total. The van der Waals surface area contributed by atoms with Gasteiger partial charge in [-0.15, -0.1) is 0 Å². The van der Waals surface area contributed by atoms with E-state index in [4.69, 9.17) is 4.98 Å². The monoisotopic (exact) mass is 454 g/mol. The normalized spacial score (nSPS) is 12.4. The van der Waals surface area contributed by atoms with Crippen LogP contribution in [0, 0.1) is 5.92 Å². The lowest BCUT2D eigenvalue weighted by atomic mass is 10.2. The molecule has 0 fully saturated rings. The molecule has 3 heterocycles. The minimum Gasteiger partial charge on any atom is -0.322 e. The highest BCUT2D eigenvalue weighted by Gasteiger charge is 2.20. The summed E-state index contributed by atoms with van der Waals surface area (Å²) in [5.41, 5.74) is 0.507. The van der Waals surface area contributed by atoms with Crippen LogP contribution in [0.4, 0.5) is 0 Å². The lowest BCUT2D eigenvalue weighted by Crippen LogP contribution is -2.31. The van der Waals surface area contributed by atoms with Gasteiger partial charge in [-0.2, -0.15) is 0 Å². The van der Waals surface area contributed by atoms with Crippen LogP contribution in [0.1, 0.15) is 64.5 Å². The molecule has 0 atom stereocenters. The van der Waals surface area contributed by atoms with Crippen LogP contribution in [0.15, 0.2) is 39.0 Å². The fraction of sp³-hybridized carbons (Fsp3) is 0.542. The van der Waals surface area contributed by atoms with Crippen LogP contribution < -0.4 is 16.7 Å². The molecular formula is C24H34N6O3. The van der Waals surface area contributed by atoms with E-state index in [9.17, 15) is 14.4 Å². The van der Waals surface area contributed by atoms with Crippen molar-refractivity contribution in [2.75, 3.05) is 0 Å². The first-order valence-electron chi connectivity index (χ1n) is 11.7. The van der Waals surface area contributed by atoms with E-state index in [1.807, 2.05) is 37.5 Å². The summed E-state index contributed by atoms with van der Waals surface area (Å²) >= 11 is 0. The van der Waals surface area contributed by atoms with E-state index < -0.39 is 11.2 Å². The average Bonchev–Trinajstić information content (AvgIpc) is 3.09. The van der Waals surface area contributed by atoms with Crippen molar-refractivity contribution in [3.05, 3.63) is 56.5 Å². The summed E-state index contributed by atoms with van der Waals surface area (Å²) < 4.78 is 4.95. The number of pyridine rings is 1. The third-order valence-electron chi connectivity index (χ3n) is 5.31.